The zero-order valence-corrected chi connectivity index (χ0v) is 9.54. The molecule has 5 heteroatoms. The third kappa shape index (κ3) is 2.58. The Hall–Kier alpha value is -0.870. The van der Waals surface area contributed by atoms with Crippen LogP contribution in [-0.4, -0.2) is 29.1 Å². The normalized spacial score (nSPS) is 21.8. The summed E-state index contributed by atoms with van der Waals surface area (Å²) >= 11 is 5.90. The molecular formula is C10H15ClN4. The van der Waals surface area contributed by atoms with E-state index in [0.29, 0.717) is 11.1 Å². The molecule has 1 fully saturated rings. The van der Waals surface area contributed by atoms with Crippen LogP contribution in [0.2, 0.25) is 5.15 Å². The molecule has 4 nitrogen and oxygen atoms in total. The van der Waals surface area contributed by atoms with E-state index in [2.05, 4.69) is 14.9 Å². The van der Waals surface area contributed by atoms with Gasteiger partial charge < -0.3 is 10.6 Å². The van der Waals surface area contributed by atoms with Crippen LogP contribution in [0.1, 0.15) is 18.5 Å². The Kier molecular flexibility index (Phi) is 3.07. The first-order chi connectivity index (χ1) is 7.15. The molecule has 0 saturated carbocycles. The summed E-state index contributed by atoms with van der Waals surface area (Å²) in [4.78, 5) is 10.7. The van der Waals surface area contributed by atoms with E-state index in [1.807, 2.05) is 6.92 Å². The van der Waals surface area contributed by atoms with Crippen molar-refractivity contribution < 1.29 is 0 Å². The van der Waals surface area contributed by atoms with Crippen LogP contribution in [0.15, 0.2) is 6.07 Å². The van der Waals surface area contributed by atoms with Gasteiger partial charge in [0.15, 0.2) is 0 Å². The predicted octanol–water partition coefficient (Wildman–Crippen LogP) is 1.37. The van der Waals surface area contributed by atoms with Gasteiger partial charge in [0.2, 0.25) is 5.95 Å². The second-order valence-corrected chi connectivity index (χ2v) is 4.37. The molecule has 2 rings (SSSR count). The summed E-state index contributed by atoms with van der Waals surface area (Å²) in [5.41, 5.74) is 6.80. The summed E-state index contributed by atoms with van der Waals surface area (Å²) in [5.74, 6) is 0.704. The lowest BCUT2D eigenvalue weighted by Crippen LogP contribution is -2.43. The van der Waals surface area contributed by atoms with Crippen molar-refractivity contribution in [1.82, 2.24) is 9.97 Å². The van der Waals surface area contributed by atoms with Gasteiger partial charge in [-0.1, -0.05) is 11.6 Å². The number of hydrogen-bond acceptors (Lipinski definition) is 4. The Morgan fingerprint density at radius 1 is 1.53 bits per heavy atom. The van der Waals surface area contributed by atoms with E-state index in [1.165, 1.54) is 0 Å². The van der Waals surface area contributed by atoms with Crippen molar-refractivity contribution in [2.45, 2.75) is 25.8 Å². The Labute approximate surface area is 94.5 Å². The quantitative estimate of drug-likeness (QED) is 0.735. The van der Waals surface area contributed by atoms with Gasteiger partial charge in [0.25, 0.3) is 0 Å². The lowest BCUT2D eigenvalue weighted by atomic mass is 10.1. The predicted molar refractivity (Wildman–Crippen MR) is 61.2 cm³/mol. The minimum Gasteiger partial charge on any atom is -0.339 e. The summed E-state index contributed by atoms with van der Waals surface area (Å²) in [6.07, 6.45) is 2.17. The molecule has 1 atom stereocenters. The molecule has 1 aromatic rings. The van der Waals surface area contributed by atoms with E-state index in [9.17, 15) is 0 Å². The Balaban J connectivity index is 2.20. The van der Waals surface area contributed by atoms with Crippen LogP contribution in [0.25, 0.3) is 0 Å². The first-order valence-electron chi connectivity index (χ1n) is 5.17. The number of aryl methyl sites for hydroxylation is 1. The molecule has 2 heterocycles. The van der Waals surface area contributed by atoms with Gasteiger partial charge in [-0.15, -0.1) is 0 Å². The van der Waals surface area contributed by atoms with E-state index >= 15 is 0 Å². The van der Waals surface area contributed by atoms with Crippen LogP contribution < -0.4 is 10.6 Å². The fraction of sp³-hybridized carbons (Fsp3) is 0.600. The number of hydrogen-bond donors (Lipinski definition) is 1. The molecule has 1 aliphatic heterocycles. The molecular weight excluding hydrogens is 212 g/mol. The molecule has 1 saturated heterocycles. The second kappa shape index (κ2) is 4.33. The highest BCUT2D eigenvalue weighted by Crippen LogP contribution is 2.17. The zero-order valence-electron chi connectivity index (χ0n) is 8.78. The molecule has 1 unspecified atom stereocenters. The third-order valence-electron chi connectivity index (χ3n) is 2.55. The number of piperidine rings is 1. The Morgan fingerprint density at radius 2 is 2.33 bits per heavy atom. The van der Waals surface area contributed by atoms with Gasteiger partial charge in [0.1, 0.15) is 5.15 Å². The molecule has 15 heavy (non-hydrogen) atoms. The molecule has 0 aliphatic carbocycles. The van der Waals surface area contributed by atoms with Gasteiger partial charge in [0.05, 0.1) is 0 Å². The summed E-state index contributed by atoms with van der Waals surface area (Å²) in [5, 5.41) is 0.497. The van der Waals surface area contributed by atoms with E-state index in [4.69, 9.17) is 17.3 Å². The number of aromatic nitrogens is 2. The standard InChI is InChI=1S/C10H15ClN4/c1-7-5-9(11)14-10(13-7)15-4-2-3-8(12)6-15/h5,8H,2-4,6,12H2,1H3. The topological polar surface area (TPSA) is 55.0 Å². The maximum atomic E-state index is 5.91. The highest BCUT2D eigenvalue weighted by molar-refractivity contribution is 6.29. The molecule has 1 aromatic heterocycles. The highest BCUT2D eigenvalue weighted by Gasteiger charge is 2.19. The van der Waals surface area contributed by atoms with Gasteiger partial charge in [-0.05, 0) is 25.8 Å². The third-order valence-corrected chi connectivity index (χ3v) is 2.75. The fourth-order valence-corrected chi connectivity index (χ4v) is 2.08. The van der Waals surface area contributed by atoms with Crippen molar-refractivity contribution >= 4 is 17.5 Å². The first-order valence-corrected chi connectivity index (χ1v) is 5.54. The van der Waals surface area contributed by atoms with Gasteiger partial charge in [-0.3, -0.25) is 0 Å². The maximum absolute atomic E-state index is 5.91. The van der Waals surface area contributed by atoms with Crippen LogP contribution in [0.3, 0.4) is 0 Å². The van der Waals surface area contributed by atoms with Crippen molar-refractivity contribution in [3.63, 3.8) is 0 Å². The van der Waals surface area contributed by atoms with Gasteiger partial charge in [0, 0.05) is 24.8 Å². The Morgan fingerprint density at radius 3 is 3.00 bits per heavy atom. The fourth-order valence-electron chi connectivity index (χ4n) is 1.85. The molecule has 0 radical (unpaired) electrons. The van der Waals surface area contributed by atoms with Crippen LogP contribution in [-0.2, 0) is 0 Å². The van der Waals surface area contributed by atoms with Crippen molar-refractivity contribution in [3.05, 3.63) is 16.9 Å². The second-order valence-electron chi connectivity index (χ2n) is 3.98. The SMILES string of the molecule is Cc1cc(Cl)nc(N2CCCC(N)C2)n1. The average Bonchev–Trinajstić information content (AvgIpc) is 2.16. The van der Waals surface area contributed by atoms with E-state index in [1.54, 1.807) is 6.07 Å². The number of rotatable bonds is 1. The van der Waals surface area contributed by atoms with Crippen molar-refractivity contribution in [1.29, 1.82) is 0 Å². The summed E-state index contributed by atoms with van der Waals surface area (Å²) in [6.45, 7) is 3.70. The molecule has 1 aliphatic rings. The molecule has 0 bridgehead atoms. The first kappa shape index (κ1) is 10.6. The molecule has 2 N–H and O–H groups in total. The van der Waals surface area contributed by atoms with Gasteiger partial charge in [-0.25, -0.2) is 9.97 Å². The smallest absolute Gasteiger partial charge is 0.227 e. The average molecular weight is 227 g/mol. The largest absolute Gasteiger partial charge is 0.339 e. The van der Waals surface area contributed by atoms with Crippen LogP contribution in [0, 0.1) is 6.92 Å². The van der Waals surface area contributed by atoms with Gasteiger partial charge in [-0.2, -0.15) is 0 Å². The minimum atomic E-state index is 0.224. The molecule has 0 amide bonds. The molecule has 0 aromatic carbocycles. The summed E-state index contributed by atoms with van der Waals surface area (Å²) < 4.78 is 0. The van der Waals surface area contributed by atoms with E-state index in [-0.39, 0.29) is 6.04 Å². The van der Waals surface area contributed by atoms with Crippen molar-refractivity contribution in [3.8, 4) is 0 Å². The van der Waals surface area contributed by atoms with Crippen LogP contribution in [0.4, 0.5) is 5.95 Å². The number of nitrogens with zero attached hydrogens (tertiary/aromatic N) is 3. The van der Waals surface area contributed by atoms with Crippen molar-refractivity contribution in [2.24, 2.45) is 5.73 Å². The number of halogens is 1. The van der Waals surface area contributed by atoms with Gasteiger partial charge >= 0.3 is 0 Å². The van der Waals surface area contributed by atoms with E-state index in [0.717, 1.165) is 31.6 Å². The molecule has 0 spiro atoms. The lowest BCUT2D eigenvalue weighted by Gasteiger charge is -2.30. The monoisotopic (exact) mass is 226 g/mol. The lowest BCUT2D eigenvalue weighted by molar-refractivity contribution is 0.499. The summed E-state index contributed by atoms with van der Waals surface area (Å²) in [7, 11) is 0. The zero-order chi connectivity index (χ0) is 10.8. The van der Waals surface area contributed by atoms with Crippen LogP contribution >= 0.6 is 11.6 Å². The summed E-state index contributed by atoms with van der Waals surface area (Å²) in [6, 6.07) is 1.98. The Bertz CT molecular complexity index is 335. The number of nitrogens with two attached hydrogens (primary N) is 1. The number of anilines is 1. The molecule has 82 valence electrons. The highest BCUT2D eigenvalue weighted by atomic mass is 35.5. The van der Waals surface area contributed by atoms with E-state index < -0.39 is 0 Å². The van der Waals surface area contributed by atoms with Crippen molar-refractivity contribution in [2.75, 3.05) is 18.0 Å². The van der Waals surface area contributed by atoms with Crippen LogP contribution in [0.5, 0.6) is 0 Å². The maximum Gasteiger partial charge on any atom is 0.227 e. The minimum absolute atomic E-state index is 0.224.